The Bertz CT molecular complexity index is 486. The number of aryl methyl sites for hydroxylation is 1. The highest BCUT2D eigenvalue weighted by molar-refractivity contribution is 5.77. The zero-order valence-corrected chi connectivity index (χ0v) is 10.9. The molecule has 8 nitrogen and oxygen atoms in total. The molecule has 2 amide bonds. The average Bonchev–Trinajstić information content (AvgIpc) is 2.92. The molecule has 0 radical (unpaired) electrons. The van der Waals surface area contributed by atoms with E-state index in [9.17, 15) is 9.59 Å². The van der Waals surface area contributed by atoms with Gasteiger partial charge in [0.15, 0.2) is 5.82 Å². The third kappa shape index (κ3) is 3.01. The SMILES string of the molecule is C[C@@H]1CN(C(=O)NCc2ncn(C)n2)C[C@H]1C(=O)O. The van der Waals surface area contributed by atoms with Crippen LogP contribution in [0.5, 0.6) is 0 Å². The lowest BCUT2D eigenvalue weighted by Gasteiger charge is -2.16. The van der Waals surface area contributed by atoms with E-state index in [0.29, 0.717) is 12.4 Å². The molecule has 1 aromatic heterocycles. The van der Waals surface area contributed by atoms with Gasteiger partial charge in [-0.15, -0.1) is 0 Å². The van der Waals surface area contributed by atoms with Crippen molar-refractivity contribution in [3.63, 3.8) is 0 Å². The lowest BCUT2D eigenvalue weighted by atomic mass is 9.99. The van der Waals surface area contributed by atoms with Gasteiger partial charge in [-0.1, -0.05) is 6.92 Å². The summed E-state index contributed by atoms with van der Waals surface area (Å²) in [5.74, 6) is -0.845. The Morgan fingerprint density at radius 2 is 2.26 bits per heavy atom. The van der Waals surface area contributed by atoms with E-state index in [-0.39, 0.29) is 25.0 Å². The molecule has 2 rings (SSSR count). The summed E-state index contributed by atoms with van der Waals surface area (Å²) in [6, 6.07) is -0.275. The Morgan fingerprint density at radius 1 is 1.53 bits per heavy atom. The van der Waals surface area contributed by atoms with Crippen molar-refractivity contribution in [2.75, 3.05) is 13.1 Å². The molecule has 1 fully saturated rings. The fourth-order valence-corrected chi connectivity index (χ4v) is 2.19. The summed E-state index contributed by atoms with van der Waals surface area (Å²) in [6.45, 7) is 2.78. The molecule has 0 bridgehead atoms. The molecule has 1 aromatic rings. The van der Waals surface area contributed by atoms with Crippen LogP contribution in [0.3, 0.4) is 0 Å². The minimum absolute atomic E-state index is 0.0313. The predicted molar refractivity (Wildman–Crippen MR) is 65.1 cm³/mol. The highest BCUT2D eigenvalue weighted by atomic mass is 16.4. The lowest BCUT2D eigenvalue weighted by Crippen LogP contribution is -2.38. The second kappa shape index (κ2) is 5.25. The summed E-state index contributed by atoms with van der Waals surface area (Å²) in [7, 11) is 1.75. The first-order valence-corrected chi connectivity index (χ1v) is 6.07. The van der Waals surface area contributed by atoms with Crippen molar-refractivity contribution in [1.29, 1.82) is 0 Å². The largest absolute Gasteiger partial charge is 0.481 e. The minimum Gasteiger partial charge on any atom is -0.481 e. The van der Waals surface area contributed by atoms with Gasteiger partial charge in [0.05, 0.1) is 12.5 Å². The van der Waals surface area contributed by atoms with E-state index in [1.807, 2.05) is 6.92 Å². The van der Waals surface area contributed by atoms with Gasteiger partial charge in [0.1, 0.15) is 6.33 Å². The lowest BCUT2D eigenvalue weighted by molar-refractivity contribution is -0.142. The number of urea groups is 1. The van der Waals surface area contributed by atoms with E-state index in [0.717, 1.165) is 0 Å². The molecule has 0 aliphatic carbocycles. The maximum atomic E-state index is 11.9. The molecule has 8 heteroatoms. The zero-order valence-electron chi connectivity index (χ0n) is 10.9. The molecule has 0 spiro atoms. The Labute approximate surface area is 110 Å². The first kappa shape index (κ1) is 13.3. The Kier molecular flexibility index (Phi) is 3.68. The Hall–Kier alpha value is -2.12. The molecule has 0 aromatic carbocycles. The van der Waals surface area contributed by atoms with Crippen LogP contribution < -0.4 is 5.32 Å². The first-order valence-electron chi connectivity index (χ1n) is 6.07. The molecule has 19 heavy (non-hydrogen) atoms. The maximum Gasteiger partial charge on any atom is 0.317 e. The van der Waals surface area contributed by atoms with Gasteiger partial charge in [-0.2, -0.15) is 5.10 Å². The highest BCUT2D eigenvalue weighted by Crippen LogP contribution is 2.22. The van der Waals surface area contributed by atoms with Crippen LogP contribution in [0.2, 0.25) is 0 Å². The number of carbonyl (C=O) groups is 2. The van der Waals surface area contributed by atoms with Gasteiger partial charge in [0, 0.05) is 20.1 Å². The van der Waals surface area contributed by atoms with Crippen LogP contribution in [0.25, 0.3) is 0 Å². The molecule has 1 saturated heterocycles. The third-order valence-electron chi connectivity index (χ3n) is 3.26. The molecule has 0 unspecified atom stereocenters. The third-order valence-corrected chi connectivity index (χ3v) is 3.26. The summed E-state index contributed by atoms with van der Waals surface area (Å²) < 4.78 is 1.56. The van der Waals surface area contributed by atoms with Crippen molar-refractivity contribution < 1.29 is 14.7 Å². The molecular weight excluding hydrogens is 250 g/mol. The highest BCUT2D eigenvalue weighted by Gasteiger charge is 2.36. The van der Waals surface area contributed by atoms with E-state index in [4.69, 9.17) is 5.11 Å². The van der Waals surface area contributed by atoms with Crippen molar-refractivity contribution in [2.24, 2.45) is 18.9 Å². The van der Waals surface area contributed by atoms with Crippen LogP contribution in [-0.4, -0.2) is 49.9 Å². The van der Waals surface area contributed by atoms with Crippen LogP contribution in [0.4, 0.5) is 4.79 Å². The Morgan fingerprint density at radius 3 is 2.79 bits per heavy atom. The van der Waals surface area contributed by atoms with Crippen molar-refractivity contribution in [3.8, 4) is 0 Å². The van der Waals surface area contributed by atoms with Crippen molar-refractivity contribution in [3.05, 3.63) is 12.2 Å². The molecule has 0 saturated carbocycles. The predicted octanol–water partition coefficient (Wildman–Crippen LogP) is -0.323. The smallest absolute Gasteiger partial charge is 0.317 e. The van der Waals surface area contributed by atoms with E-state index < -0.39 is 11.9 Å². The number of hydrogen-bond donors (Lipinski definition) is 2. The van der Waals surface area contributed by atoms with Gasteiger partial charge in [0.25, 0.3) is 0 Å². The first-order chi connectivity index (χ1) is 8.97. The fourth-order valence-electron chi connectivity index (χ4n) is 2.19. The number of likely N-dealkylation sites (tertiary alicyclic amines) is 1. The van der Waals surface area contributed by atoms with E-state index >= 15 is 0 Å². The number of aromatic nitrogens is 3. The number of carboxylic acids is 1. The summed E-state index contributed by atoms with van der Waals surface area (Å²) in [6.07, 6.45) is 1.56. The number of nitrogens with one attached hydrogen (secondary N) is 1. The van der Waals surface area contributed by atoms with Crippen LogP contribution in [0, 0.1) is 11.8 Å². The average molecular weight is 267 g/mol. The number of rotatable bonds is 3. The van der Waals surface area contributed by atoms with Crippen LogP contribution in [-0.2, 0) is 18.4 Å². The summed E-state index contributed by atoms with van der Waals surface area (Å²) in [5, 5.41) is 15.7. The molecular formula is C11H17N5O3. The zero-order chi connectivity index (χ0) is 14.0. The van der Waals surface area contributed by atoms with Gasteiger partial charge >= 0.3 is 12.0 Å². The number of carbonyl (C=O) groups excluding carboxylic acids is 1. The molecule has 1 aliphatic heterocycles. The van der Waals surface area contributed by atoms with E-state index in [2.05, 4.69) is 15.4 Å². The Balaban J connectivity index is 1.86. The van der Waals surface area contributed by atoms with Gasteiger partial charge < -0.3 is 15.3 Å². The molecule has 2 atom stereocenters. The van der Waals surface area contributed by atoms with Crippen molar-refractivity contribution in [2.45, 2.75) is 13.5 Å². The fraction of sp³-hybridized carbons (Fsp3) is 0.636. The van der Waals surface area contributed by atoms with E-state index in [1.165, 1.54) is 4.90 Å². The van der Waals surface area contributed by atoms with Crippen LogP contribution in [0.1, 0.15) is 12.7 Å². The molecule has 1 aliphatic rings. The monoisotopic (exact) mass is 267 g/mol. The van der Waals surface area contributed by atoms with Gasteiger partial charge in [-0.05, 0) is 5.92 Å². The van der Waals surface area contributed by atoms with Gasteiger partial charge in [-0.25, -0.2) is 9.78 Å². The number of aliphatic carboxylic acids is 1. The van der Waals surface area contributed by atoms with Gasteiger partial charge in [0.2, 0.25) is 0 Å². The second-order valence-corrected chi connectivity index (χ2v) is 4.82. The van der Waals surface area contributed by atoms with Crippen LogP contribution in [0.15, 0.2) is 6.33 Å². The van der Waals surface area contributed by atoms with Gasteiger partial charge in [-0.3, -0.25) is 9.48 Å². The van der Waals surface area contributed by atoms with E-state index in [1.54, 1.807) is 18.1 Å². The topological polar surface area (TPSA) is 100 Å². The standard InChI is InChI=1S/C11H17N5O3/c1-7-4-16(5-8(7)10(17)18)11(19)12-3-9-13-6-15(2)14-9/h6-8H,3-5H2,1-2H3,(H,12,19)(H,17,18)/t7-,8-/m1/s1. The number of amides is 2. The summed E-state index contributed by atoms with van der Waals surface area (Å²) in [5.41, 5.74) is 0. The molecule has 104 valence electrons. The summed E-state index contributed by atoms with van der Waals surface area (Å²) in [4.78, 5) is 28.4. The normalized spacial score (nSPS) is 22.5. The molecule has 2 heterocycles. The van der Waals surface area contributed by atoms with Crippen LogP contribution >= 0.6 is 0 Å². The summed E-state index contributed by atoms with van der Waals surface area (Å²) >= 11 is 0. The number of carboxylic acid groups (broad SMARTS) is 1. The number of nitrogens with zero attached hydrogens (tertiary/aromatic N) is 4. The van der Waals surface area contributed by atoms with Crippen molar-refractivity contribution in [1.82, 2.24) is 25.0 Å². The second-order valence-electron chi connectivity index (χ2n) is 4.82. The van der Waals surface area contributed by atoms with Crippen molar-refractivity contribution >= 4 is 12.0 Å². The molecule has 2 N–H and O–H groups in total. The quantitative estimate of drug-likeness (QED) is 0.781. The maximum absolute atomic E-state index is 11.9. The number of hydrogen-bond acceptors (Lipinski definition) is 4. The minimum atomic E-state index is -0.853.